The smallest absolute Gasteiger partial charge is 0.337 e. The van der Waals surface area contributed by atoms with Crippen LogP contribution in [0.3, 0.4) is 0 Å². The molecule has 0 spiro atoms. The van der Waals surface area contributed by atoms with Crippen molar-refractivity contribution in [2.24, 2.45) is 0 Å². The van der Waals surface area contributed by atoms with E-state index in [0.717, 1.165) is 12.1 Å². The Balaban J connectivity index is 2.67. The van der Waals surface area contributed by atoms with Gasteiger partial charge in [0.1, 0.15) is 5.82 Å². The van der Waals surface area contributed by atoms with Crippen LogP contribution in [-0.2, 0) is 0 Å². The summed E-state index contributed by atoms with van der Waals surface area (Å²) >= 11 is 5.67. The number of halogens is 4. The van der Waals surface area contributed by atoms with Crippen LogP contribution in [0.2, 0.25) is 5.02 Å². The van der Waals surface area contributed by atoms with Gasteiger partial charge in [-0.05, 0) is 18.2 Å². The zero-order valence-electron chi connectivity index (χ0n) is 9.25. The van der Waals surface area contributed by atoms with Gasteiger partial charge in [0.05, 0.1) is 10.6 Å². The summed E-state index contributed by atoms with van der Waals surface area (Å²) in [7, 11) is 0. The zero-order chi connectivity index (χ0) is 14.2. The fourth-order valence-electron chi connectivity index (χ4n) is 1.63. The summed E-state index contributed by atoms with van der Waals surface area (Å²) in [4.78, 5) is 10.8. The van der Waals surface area contributed by atoms with Crippen molar-refractivity contribution < 1.29 is 23.1 Å². The van der Waals surface area contributed by atoms with Gasteiger partial charge in [0.2, 0.25) is 0 Å². The monoisotopic (exact) mass is 286 g/mol. The van der Waals surface area contributed by atoms with E-state index < -0.39 is 29.0 Å². The van der Waals surface area contributed by atoms with Crippen molar-refractivity contribution in [3.05, 3.63) is 58.4 Å². The van der Waals surface area contributed by atoms with Crippen molar-refractivity contribution in [1.82, 2.24) is 0 Å². The highest BCUT2D eigenvalue weighted by Gasteiger charge is 2.18. The Bertz CT molecular complexity index is 671. The van der Waals surface area contributed by atoms with E-state index >= 15 is 0 Å². The van der Waals surface area contributed by atoms with Gasteiger partial charge in [0.25, 0.3) is 0 Å². The summed E-state index contributed by atoms with van der Waals surface area (Å²) in [6, 6.07) is 4.91. The van der Waals surface area contributed by atoms with Crippen molar-refractivity contribution in [3.63, 3.8) is 0 Å². The van der Waals surface area contributed by atoms with Gasteiger partial charge in [-0.2, -0.15) is 0 Å². The third kappa shape index (κ3) is 2.42. The highest BCUT2D eigenvalue weighted by molar-refractivity contribution is 6.33. The SMILES string of the molecule is O=C(O)c1cc(F)c(-c2cccc(F)c2F)cc1Cl. The summed E-state index contributed by atoms with van der Waals surface area (Å²) in [6.07, 6.45) is 0. The number of rotatable bonds is 2. The minimum atomic E-state index is -1.41. The van der Waals surface area contributed by atoms with Crippen LogP contribution in [0.4, 0.5) is 13.2 Å². The molecule has 0 aliphatic rings. The molecule has 0 aliphatic heterocycles. The molecule has 0 amide bonds. The fourth-order valence-corrected chi connectivity index (χ4v) is 1.87. The fraction of sp³-hybridized carbons (Fsp3) is 0. The molecule has 0 atom stereocenters. The molecule has 0 unspecified atom stereocenters. The lowest BCUT2D eigenvalue weighted by Gasteiger charge is -2.08. The maximum absolute atomic E-state index is 13.8. The molecule has 19 heavy (non-hydrogen) atoms. The Kier molecular flexibility index (Phi) is 3.48. The van der Waals surface area contributed by atoms with E-state index in [4.69, 9.17) is 16.7 Å². The van der Waals surface area contributed by atoms with Gasteiger partial charge in [-0.3, -0.25) is 0 Å². The lowest BCUT2D eigenvalue weighted by molar-refractivity contribution is 0.0696. The second-order valence-corrected chi connectivity index (χ2v) is 4.13. The van der Waals surface area contributed by atoms with E-state index in [2.05, 4.69) is 0 Å². The third-order valence-corrected chi connectivity index (χ3v) is 2.84. The molecular weight excluding hydrogens is 281 g/mol. The average Bonchev–Trinajstić information content (AvgIpc) is 2.35. The molecule has 0 aliphatic carbocycles. The van der Waals surface area contributed by atoms with Crippen LogP contribution in [0.15, 0.2) is 30.3 Å². The number of carboxylic acid groups (broad SMARTS) is 1. The molecule has 6 heteroatoms. The average molecular weight is 287 g/mol. The molecule has 0 radical (unpaired) electrons. The first-order valence-corrected chi connectivity index (χ1v) is 5.46. The Morgan fingerprint density at radius 1 is 1.05 bits per heavy atom. The normalized spacial score (nSPS) is 10.5. The van der Waals surface area contributed by atoms with Gasteiger partial charge in [0, 0.05) is 11.1 Å². The molecule has 0 heterocycles. The molecule has 2 aromatic rings. The lowest BCUT2D eigenvalue weighted by Crippen LogP contribution is -2.00. The van der Waals surface area contributed by atoms with E-state index in [1.807, 2.05) is 0 Å². The highest BCUT2D eigenvalue weighted by atomic mass is 35.5. The van der Waals surface area contributed by atoms with Crippen molar-refractivity contribution in [2.75, 3.05) is 0 Å². The van der Waals surface area contributed by atoms with Crippen LogP contribution >= 0.6 is 11.6 Å². The second-order valence-electron chi connectivity index (χ2n) is 3.72. The quantitative estimate of drug-likeness (QED) is 0.901. The Morgan fingerprint density at radius 2 is 1.74 bits per heavy atom. The number of aromatic carboxylic acids is 1. The number of carboxylic acids is 1. The molecular formula is C13H6ClF3O2. The first kappa shape index (κ1) is 13.4. The van der Waals surface area contributed by atoms with Gasteiger partial charge in [-0.15, -0.1) is 0 Å². The molecule has 98 valence electrons. The van der Waals surface area contributed by atoms with E-state index in [1.54, 1.807) is 0 Å². The minimum absolute atomic E-state index is 0.257. The lowest BCUT2D eigenvalue weighted by atomic mass is 10.0. The van der Waals surface area contributed by atoms with E-state index in [1.165, 1.54) is 12.1 Å². The molecule has 2 nitrogen and oxygen atoms in total. The second kappa shape index (κ2) is 4.93. The topological polar surface area (TPSA) is 37.3 Å². The van der Waals surface area contributed by atoms with Crippen LogP contribution in [0, 0.1) is 17.5 Å². The van der Waals surface area contributed by atoms with Crippen molar-refractivity contribution in [1.29, 1.82) is 0 Å². The van der Waals surface area contributed by atoms with Gasteiger partial charge in [-0.25, -0.2) is 18.0 Å². The third-order valence-electron chi connectivity index (χ3n) is 2.53. The highest BCUT2D eigenvalue weighted by Crippen LogP contribution is 2.31. The van der Waals surface area contributed by atoms with Crippen LogP contribution < -0.4 is 0 Å². The van der Waals surface area contributed by atoms with E-state index in [-0.39, 0.29) is 16.1 Å². The molecule has 1 N–H and O–H groups in total. The Morgan fingerprint density at radius 3 is 2.37 bits per heavy atom. The van der Waals surface area contributed by atoms with Crippen molar-refractivity contribution >= 4 is 17.6 Å². The predicted octanol–water partition coefficient (Wildman–Crippen LogP) is 4.12. The molecule has 0 saturated carbocycles. The van der Waals surface area contributed by atoms with Crippen LogP contribution in [-0.4, -0.2) is 11.1 Å². The molecule has 0 saturated heterocycles. The van der Waals surface area contributed by atoms with Gasteiger partial charge in [0.15, 0.2) is 11.6 Å². The van der Waals surface area contributed by atoms with Crippen LogP contribution in [0.5, 0.6) is 0 Å². The number of benzene rings is 2. The minimum Gasteiger partial charge on any atom is -0.478 e. The number of hydrogen-bond donors (Lipinski definition) is 1. The zero-order valence-corrected chi connectivity index (χ0v) is 10.0. The van der Waals surface area contributed by atoms with Gasteiger partial charge in [-0.1, -0.05) is 23.7 Å². The van der Waals surface area contributed by atoms with Gasteiger partial charge >= 0.3 is 5.97 Å². The molecule has 0 aromatic heterocycles. The van der Waals surface area contributed by atoms with Crippen molar-refractivity contribution in [2.45, 2.75) is 0 Å². The molecule has 2 aromatic carbocycles. The van der Waals surface area contributed by atoms with Crippen molar-refractivity contribution in [3.8, 4) is 11.1 Å². The van der Waals surface area contributed by atoms with Gasteiger partial charge < -0.3 is 5.11 Å². The number of carbonyl (C=O) groups is 1. The summed E-state index contributed by atoms with van der Waals surface area (Å²) in [5.41, 5.74) is -1.07. The van der Waals surface area contributed by atoms with Crippen LogP contribution in [0.1, 0.15) is 10.4 Å². The number of hydrogen-bond acceptors (Lipinski definition) is 1. The first-order chi connectivity index (χ1) is 8.91. The molecule has 0 fully saturated rings. The standard InChI is InChI=1S/C13H6ClF3O2/c14-9-4-7(11(16)5-8(9)13(18)19)6-2-1-3-10(15)12(6)17/h1-5H,(H,18,19). The Hall–Kier alpha value is -2.01. The summed E-state index contributed by atoms with van der Waals surface area (Å²) in [5, 5.41) is 8.51. The van der Waals surface area contributed by atoms with Crippen LogP contribution in [0.25, 0.3) is 11.1 Å². The molecule has 0 bridgehead atoms. The summed E-state index contributed by atoms with van der Waals surface area (Å²) in [5.74, 6) is -4.75. The summed E-state index contributed by atoms with van der Waals surface area (Å²) in [6.45, 7) is 0. The maximum atomic E-state index is 13.8. The largest absolute Gasteiger partial charge is 0.478 e. The molecule has 2 rings (SSSR count). The van der Waals surface area contributed by atoms with E-state index in [0.29, 0.717) is 6.07 Å². The maximum Gasteiger partial charge on any atom is 0.337 e. The Labute approximate surface area is 111 Å². The first-order valence-electron chi connectivity index (χ1n) is 5.08. The predicted molar refractivity (Wildman–Crippen MR) is 63.7 cm³/mol. The summed E-state index contributed by atoms with van der Waals surface area (Å²) < 4.78 is 40.4. The van der Waals surface area contributed by atoms with E-state index in [9.17, 15) is 18.0 Å².